The first-order valence-corrected chi connectivity index (χ1v) is 10.4. The normalized spacial score (nSPS) is 27.2. The Labute approximate surface area is 178 Å². The fraction of sp³-hybridized carbons (Fsp3) is 0.500. The zero-order valence-electron chi connectivity index (χ0n) is 17.2. The molecule has 4 unspecified atom stereocenters. The van der Waals surface area contributed by atoms with E-state index in [9.17, 15) is 22.8 Å². The number of alkyl halides is 3. The number of aliphatic imine (C=N–C) groups is 1. The number of hydrogen-bond donors (Lipinski definition) is 2. The lowest BCUT2D eigenvalue weighted by molar-refractivity contribution is -0.141. The number of carbonyl (C=O) groups excluding carboxylic acids is 2. The molecule has 1 aliphatic heterocycles. The Kier molecular flexibility index (Phi) is 5.77. The number of benzene rings is 1. The second-order valence-corrected chi connectivity index (χ2v) is 8.23. The van der Waals surface area contributed by atoms with Gasteiger partial charge in [0.1, 0.15) is 0 Å². The molecule has 2 bridgehead atoms. The lowest BCUT2D eigenvalue weighted by atomic mass is 9.85. The molecule has 2 N–H and O–H groups in total. The molecular formula is C22H25F3N4O2. The molecule has 6 nitrogen and oxygen atoms in total. The van der Waals surface area contributed by atoms with E-state index in [1.807, 2.05) is 0 Å². The van der Waals surface area contributed by atoms with Crippen LogP contribution in [-0.2, 0) is 22.3 Å². The first kappa shape index (κ1) is 21.4. The largest absolute Gasteiger partial charge is 0.416 e. The minimum atomic E-state index is -4.35. The molecule has 0 aromatic heterocycles. The molecule has 1 saturated carbocycles. The third-order valence-corrected chi connectivity index (χ3v) is 6.38. The number of imide groups is 1. The van der Waals surface area contributed by atoms with Gasteiger partial charge in [-0.25, -0.2) is 0 Å². The minimum absolute atomic E-state index is 0.0448. The number of likely N-dealkylation sites (tertiary alicyclic amines) is 1. The van der Waals surface area contributed by atoms with Crippen LogP contribution in [0.15, 0.2) is 41.4 Å². The summed E-state index contributed by atoms with van der Waals surface area (Å²) in [6, 6.07) is 4.95. The van der Waals surface area contributed by atoms with Crippen LogP contribution < -0.4 is 10.6 Å². The summed E-state index contributed by atoms with van der Waals surface area (Å²) >= 11 is 0. The van der Waals surface area contributed by atoms with Gasteiger partial charge in [-0.05, 0) is 42.4 Å². The molecule has 2 aliphatic carbocycles. The summed E-state index contributed by atoms with van der Waals surface area (Å²) in [6.45, 7) is 1.19. The number of amides is 2. The van der Waals surface area contributed by atoms with Crippen LogP contribution in [0.2, 0.25) is 0 Å². The molecular weight excluding hydrogens is 409 g/mol. The molecule has 166 valence electrons. The van der Waals surface area contributed by atoms with Crippen molar-refractivity contribution >= 4 is 17.8 Å². The third kappa shape index (κ3) is 4.18. The van der Waals surface area contributed by atoms with Crippen molar-refractivity contribution in [2.75, 3.05) is 20.1 Å². The molecule has 0 spiro atoms. The van der Waals surface area contributed by atoms with Gasteiger partial charge in [0.05, 0.1) is 17.4 Å². The number of halogens is 3. The predicted octanol–water partition coefficient (Wildman–Crippen LogP) is 2.57. The zero-order chi connectivity index (χ0) is 22.2. The van der Waals surface area contributed by atoms with E-state index in [4.69, 9.17) is 0 Å². The molecule has 4 rings (SSSR count). The van der Waals surface area contributed by atoms with Gasteiger partial charge in [-0.2, -0.15) is 13.2 Å². The average Bonchev–Trinajstić information content (AvgIpc) is 3.42. The highest BCUT2D eigenvalue weighted by molar-refractivity contribution is 6.06. The van der Waals surface area contributed by atoms with Gasteiger partial charge in [-0.3, -0.25) is 19.5 Å². The van der Waals surface area contributed by atoms with Gasteiger partial charge in [-0.15, -0.1) is 0 Å². The van der Waals surface area contributed by atoms with Gasteiger partial charge in [0.2, 0.25) is 11.8 Å². The van der Waals surface area contributed by atoms with Crippen LogP contribution in [-0.4, -0.2) is 42.8 Å². The maximum atomic E-state index is 12.7. The third-order valence-electron chi connectivity index (χ3n) is 6.38. The molecule has 1 aromatic carbocycles. The second-order valence-electron chi connectivity index (χ2n) is 8.23. The molecule has 1 heterocycles. The molecule has 1 aromatic rings. The van der Waals surface area contributed by atoms with E-state index in [-0.39, 0.29) is 35.5 Å². The zero-order valence-corrected chi connectivity index (χ0v) is 17.2. The summed E-state index contributed by atoms with van der Waals surface area (Å²) in [4.78, 5) is 30.8. The summed E-state index contributed by atoms with van der Waals surface area (Å²) < 4.78 is 37.9. The molecule has 3 aliphatic rings. The highest BCUT2D eigenvalue weighted by Gasteiger charge is 2.58. The van der Waals surface area contributed by atoms with Gasteiger partial charge >= 0.3 is 6.18 Å². The SMILES string of the molecule is CN=C(NCCCN1C(=O)C2C3C=CC(C3)C2C1=O)NCc1ccc(C(F)(F)F)cc1. The summed E-state index contributed by atoms with van der Waals surface area (Å²) in [6.07, 6.45) is 1.31. The predicted molar refractivity (Wildman–Crippen MR) is 109 cm³/mol. The van der Waals surface area contributed by atoms with Gasteiger partial charge < -0.3 is 10.6 Å². The average molecular weight is 434 g/mol. The van der Waals surface area contributed by atoms with E-state index >= 15 is 0 Å². The Morgan fingerprint density at radius 3 is 2.23 bits per heavy atom. The Hall–Kier alpha value is -2.84. The molecule has 1 saturated heterocycles. The number of carbonyl (C=O) groups is 2. The van der Waals surface area contributed by atoms with Crippen LogP contribution in [0.4, 0.5) is 13.2 Å². The summed E-state index contributed by atoms with van der Waals surface area (Å²) in [5, 5.41) is 6.15. The van der Waals surface area contributed by atoms with E-state index in [1.54, 1.807) is 7.05 Å². The number of nitrogens with zero attached hydrogens (tertiary/aromatic N) is 2. The second kappa shape index (κ2) is 8.36. The van der Waals surface area contributed by atoms with Crippen LogP contribution in [0.5, 0.6) is 0 Å². The van der Waals surface area contributed by atoms with Crippen molar-refractivity contribution in [3.8, 4) is 0 Å². The first-order chi connectivity index (χ1) is 14.8. The Balaban J connectivity index is 1.20. The quantitative estimate of drug-likeness (QED) is 0.237. The smallest absolute Gasteiger partial charge is 0.356 e. The summed E-state index contributed by atoms with van der Waals surface area (Å²) in [7, 11) is 1.60. The molecule has 31 heavy (non-hydrogen) atoms. The van der Waals surface area contributed by atoms with Crippen LogP contribution in [0.25, 0.3) is 0 Å². The Morgan fingerprint density at radius 1 is 1.06 bits per heavy atom. The van der Waals surface area contributed by atoms with Gasteiger partial charge in [0.15, 0.2) is 5.96 Å². The lowest BCUT2D eigenvalue weighted by Gasteiger charge is -2.18. The first-order valence-electron chi connectivity index (χ1n) is 10.4. The van der Waals surface area contributed by atoms with Crippen molar-refractivity contribution in [1.82, 2.24) is 15.5 Å². The topological polar surface area (TPSA) is 73.8 Å². The number of fused-ring (bicyclic) bond motifs is 5. The Bertz CT molecular complexity index is 880. The van der Waals surface area contributed by atoms with Crippen LogP contribution in [0.3, 0.4) is 0 Å². The Morgan fingerprint density at radius 2 is 1.68 bits per heavy atom. The minimum Gasteiger partial charge on any atom is -0.356 e. The number of guanidine groups is 1. The van der Waals surface area contributed by atoms with Gasteiger partial charge in [0, 0.05) is 26.7 Å². The van der Waals surface area contributed by atoms with Crippen LogP contribution in [0.1, 0.15) is 24.0 Å². The van der Waals surface area contributed by atoms with Crippen LogP contribution in [0, 0.1) is 23.7 Å². The van der Waals surface area contributed by atoms with E-state index < -0.39 is 11.7 Å². The number of nitrogens with one attached hydrogen (secondary N) is 2. The van der Waals surface area contributed by atoms with Gasteiger partial charge in [-0.1, -0.05) is 24.3 Å². The number of hydrogen-bond acceptors (Lipinski definition) is 3. The molecule has 2 fully saturated rings. The standard InChI is InChI=1S/C22H25F3N4O2/c1-26-21(28-12-13-3-7-16(8-4-13)22(23,24)25)27-9-2-10-29-19(30)17-14-5-6-15(11-14)18(17)20(29)31/h3-8,14-15,17-18H,2,9-12H2,1H3,(H2,26,27,28). The molecule has 9 heteroatoms. The fourth-order valence-corrected chi connectivity index (χ4v) is 4.85. The monoisotopic (exact) mass is 434 g/mol. The number of allylic oxidation sites excluding steroid dienone is 2. The van der Waals surface area contributed by atoms with Crippen molar-refractivity contribution in [3.63, 3.8) is 0 Å². The van der Waals surface area contributed by atoms with E-state index in [0.717, 1.165) is 18.6 Å². The highest BCUT2D eigenvalue weighted by atomic mass is 19.4. The number of rotatable bonds is 6. The van der Waals surface area contributed by atoms with Crippen molar-refractivity contribution in [3.05, 3.63) is 47.5 Å². The van der Waals surface area contributed by atoms with Crippen molar-refractivity contribution in [1.29, 1.82) is 0 Å². The van der Waals surface area contributed by atoms with Crippen molar-refractivity contribution < 1.29 is 22.8 Å². The van der Waals surface area contributed by atoms with Crippen LogP contribution >= 0.6 is 0 Å². The lowest BCUT2D eigenvalue weighted by Crippen LogP contribution is -2.39. The fourth-order valence-electron chi connectivity index (χ4n) is 4.85. The highest BCUT2D eigenvalue weighted by Crippen LogP contribution is 2.52. The maximum absolute atomic E-state index is 12.7. The summed E-state index contributed by atoms with van der Waals surface area (Å²) in [5.41, 5.74) is 0.0108. The van der Waals surface area contributed by atoms with Crippen molar-refractivity contribution in [2.24, 2.45) is 28.7 Å². The maximum Gasteiger partial charge on any atom is 0.416 e. The van der Waals surface area contributed by atoms with E-state index in [0.29, 0.717) is 37.6 Å². The van der Waals surface area contributed by atoms with Crippen molar-refractivity contribution in [2.45, 2.75) is 25.6 Å². The molecule has 2 amide bonds. The molecule has 4 atom stereocenters. The van der Waals surface area contributed by atoms with E-state index in [2.05, 4.69) is 27.8 Å². The molecule has 0 radical (unpaired) electrons. The van der Waals surface area contributed by atoms with E-state index in [1.165, 1.54) is 17.0 Å². The van der Waals surface area contributed by atoms with Gasteiger partial charge in [0.25, 0.3) is 0 Å². The summed E-state index contributed by atoms with van der Waals surface area (Å²) in [5.74, 6) is 0.485.